The Labute approximate surface area is 100 Å². The standard InChI is InChI=1S/C10H10BrFO2S/c1-2-14-10(13)9(12)15-8-5-3-7(11)4-6-8/h3-6,9H,2H2,1H3. The Morgan fingerprint density at radius 3 is 2.67 bits per heavy atom. The van der Waals surface area contributed by atoms with Crippen LogP contribution < -0.4 is 0 Å². The van der Waals surface area contributed by atoms with E-state index in [1.165, 1.54) is 0 Å². The Bertz CT molecular complexity index is 329. The summed E-state index contributed by atoms with van der Waals surface area (Å²) in [5.74, 6) is -0.828. The highest BCUT2D eigenvalue weighted by Gasteiger charge is 2.19. The van der Waals surface area contributed by atoms with E-state index in [-0.39, 0.29) is 6.61 Å². The van der Waals surface area contributed by atoms with E-state index in [4.69, 9.17) is 0 Å². The second-order valence-corrected chi connectivity index (χ2v) is 4.68. The fourth-order valence-corrected chi connectivity index (χ4v) is 1.85. The molecular weight excluding hydrogens is 283 g/mol. The SMILES string of the molecule is CCOC(=O)C(F)Sc1ccc(Br)cc1. The van der Waals surface area contributed by atoms with Crippen LogP contribution in [0.15, 0.2) is 33.6 Å². The lowest BCUT2D eigenvalue weighted by molar-refractivity contribution is -0.145. The monoisotopic (exact) mass is 292 g/mol. The number of rotatable bonds is 4. The van der Waals surface area contributed by atoms with Crippen LogP contribution in [0.2, 0.25) is 0 Å². The molecule has 1 aromatic rings. The summed E-state index contributed by atoms with van der Waals surface area (Å²) in [6.07, 6.45) is 0. The Morgan fingerprint density at radius 1 is 1.53 bits per heavy atom. The lowest BCUT2D eigenvalue weighted by Crippen LogP contribution is -2.15. The Hall–Kier alpha value is -0.550. The summed E-state index contributed by atoms with van der Waals surface area (Å²) in [6, 6.07) is 7.06. The highest BCUT2D eigenvalue weighted by Crippen LogP contribution is 2.26. The molecule has 0 saturated heterocycles. The molecule has 0 radical (unpaired) electrons. The largest absolute Gasteiger partial charge is 0.463 e. The Morgan fingerprint density at radius 2 is 2.13 bits per heavy atom. The van der Waals surface area contributed by atoms with E-state index in [1.54, 1.807) is 31.2 Å². The third-order valence-electron chi connectivity index (χ3n) is 1.53. The van der Waals surface area contributed by atoms with E-state index >= 15 is 0 Å². The quantitative estimate of drug-likeness (QED) is 0.628. The summed E-state index contributed by atoms with van der Waals surface area (Å²) in [5, 5.41) is 0. The van der Waals surface area contributed by atoms with Crippen LogP contribution in [0.25, 0.3) is 0 Å². The first-order chi connectivity index (χ1) is 7.13. The smallest absolute Gasteiger partial charge is 0.351 e. The number of alkyl halides is 1. The lowest BCUT2D eigenvalue weighted by atomic mass is 10.4. The lowest BCUT2D eigenvalue weighted by Gasteiger charge is -2.06. The molecule has 0 bridgehead atoms. The molecule has 15 heavy (non-hydrogen) atoms. The molecule has 1 aromatic carbocycles. The summed E-state index contributed by atoms with van der Waals surface area (Å²) in [5.41, 5.74) is -1.66. The fourth-order valence-electron chi connectivity index (χ4n) is 0.889. The first-order valence-corrected chi connectivity index (χ1v) is 6.03. The van der Waals surface area contributed by atoms with E-state index in [2.05, 4.69) is 20.7 Å². The van der Waals surface area contributed by atoms with Crippen LogP contribution in [0, 0.1) is 0 Å². The Balaban J connectivity index is 2.54. The number of halogens is 2. The van der Waals surface area contributed by atoms with Gasteiger partial charge in [-0.2, -0.15) is 0 Å². The van der Waals surface area contributed by atoms with Crippen LogP contribution in [-0.4, -0.2) is 18.1 Å². The zero-order chi connectivity index (χ0) is 11.3. The van der Waals surface area contributed by atoms with Gasteiger partial charge in [-0.25, -0.2) is 9.18 Å². The number of thioether (sulfide) groups is 1. The van der Waals surface area contributed by atoms with Crippen LogP contribution in [0.4, 0.5) is 4.39 Å². The first-order valence-electron chi connectivity index (χ1n) is 4.36. The van der Waals surface area contributed by atoms with Crippen LogP contribution in [0.1, 0.15) is 6.92 Å². The summed E-state index contributed by atoms with van der Waals surface area (Å²) >= 11 is 4.11. The zero-order valence-electron chi connectivity index (χ0n) is 8.07. The van der Waals surface area contributed by atoms with Crippen LogP contribution in [0.3, 0.4) is 0 Å². The van der Waals surface area contributed by atoms with Gasteiger partial charge in [0.15, 0.2) is 0 Å². The third-order valence-corrected chi connectivity index (χ3v) is 3.00. The first kappa shape index (κ1) is 12.5. The molecule has 2 nitrogen and oxygen atoms in total. The third kappa shape index (κ3) is 4.22. The van der Waals surface area contributed by atoms with Gasteiger partial charge in [-0.3, -0.25) is 0 Å². The van der Waals surface area contributed by atoms with E-state index in [0.717, 1.165) is 16.2 Å². The molecule has 0 aliphatic rings. The van der Waals surface area contributed by atoms with Crippen molar-refractivity contribution in [2.75, 3.05) is 6.61 Å². The molecule has 0 aliphatic carbocycles. The maximum absolute atomic E-state index is 13.2. The zero-order valence-corrected chi connectivity index (χ0v) is 10.5. The maximum Gasteiger partial charge on any atom is 0.351 e. The summed E-state index contributed by atoms with van der Waals surface area (Å²) in [7, 11) is 0. The molecule has 0 N–H and O–H groups in total. The van der Waals surface area contributed by atoms with E-state index < -0.39 is 11.5 Å². The summed E-state index contributed by atoms with van der Waals surface area (Å²) < 4.78 is 18.7. The molecule has 0 aromatic heterocycles. The average Bonchev–Trinajstić information content (AvgIpc) is 2.22. The minimum atomic E-state index is -1.66. The summed E-state index contributed by atoms with van der Waals surface area (Å²) in [6.45, 7) is 1.84. The second kappa shape index (κ2) is 6.12. The highest BCUT2D eigenvalue weighted by atomic mass is 79.9. The molecule has 0 heterocycles. The second-order valence-electron chi connectivity index (χ2n) is 2.64. The van der Waals surface area contributed by atoms with E-state index in [1.807, 2.05) is 0 Å². The van der Waals surface area contributed by atoms with Crippen molar-refractivity contribution in [3.63, 3.8) is 0 Å². The topological polar surface area (TPSA) is 26.3 Å². The number of ether oxygens (including phenoxy) is 1. The molecule has 0 aliphatic heterocycles. The molecular formula is C10H10BrFO2S. The van der Waals surface area contributed by atoms with Gasteiger partial charge in [0.25, 0.3) is 0 Å². The number of hydrogen-bond donors (Lipinski definition) is 0. The van der Waals surface area contributed by atoms with Gasteiger partial charge in [0.05, 0.1) is 6.61 Å². The fraction of sp³-hybridized carbons (Fsp3) is 0.300. The number of carbonyl (C=O) groups excluding carboxylic acids is 1. The van der Waals surface area contributed by atoms with Crippen LogP contribution >= 0.6 is 27.7 Å². The van der Waals surface area contributed by atoms with Gasteiger partial charge >= 0.3 is 5.97 Å². The van der Waals surface area contributed by atoms with Crippen molar-refractivity contribution in [1.29, 1.82) is 0 Å². The van der Waals surface area contributed by atoms with Crippen molar-refractivity contribution in [3.05, 3.63) is 28.7 Å². The minimum absolute atomic E-state index is 0.195. The van der Waals surface area contributed by atoms with Crippen molar-refractivity contribution in [2.45, 2.75) is 17.3 Å². The molecule has 1 unspecified atom stereocenters. The number of benzene rings is 1. The molecule has 1 atom stereocenters. The van der Waals surface area contributed by atoms with Gasteiger partial charge in [0.2, 0.25) is 5.50 Å². The van der Waals surface area contributed by atoms with Crippen molar-refractivity contribution >= 4 is 33.7 Å². The average molecular weight is 293 g/mol. The minimum Gasteiger partial charge on any atom is -0.463 e. The van der Waals surface area contributed by atoms with Crippen molar-refractivity contribution < 1.29 is 13.9 Å². The van der Waals surface area contributed by atoms with Gasteiger partial charge in [-0.15, -0.1) is 0 Å². The van der Waals surface area contributed by atoms with E-state index in [9.17, 15) is 9.18 Å². The molecule has 5 heteroatoms. The molecule has 0 fully saturated rings. The molecule has 82 valence electrons. The van der Waals surface area contributed by atoms with Gasteiger partial charge in [0, 0.05) is 9.37 Å². The highest BCUT2D eigenvalue weighted by molar-refractivity contribution is 9.10. The van der Waals surface area contributed by atoms with Crippen molar-refractivity contribution in [3.8, 4) is 0 Å². The maximum atomic E-state index is 13.2. The predicted molar refractivity (Wildman–Crippen MR) is 61.5 cm³/mol. The van der Waals surface area contributed by atoms with Gasteiger partial charge in [0.1, 0.15) is 0 Å². The van der Waals surface area contributed by atoms with Crippen LogP contribution in [-0.2, 0) is 9.53 Å². The van der Waals surface area contributed by atoms with Crippen molar-refractivity contribution in [2.24, 2.45) is 0 Å². The molecule has 0 saturated carbocycles. The van der Waals surface area contributed by atoms with Crippen molar-refractivity contribution in [1.82, 2.24) is 0 Å². The number of hydrogen-bond acceptors (Lipinski definition) is 3. The number of carbonyl (C=O) groups is 1. The van der Waals surface area contributed by atoms with Gasteiger partial charge in [-0.05, 0) is 31.2 Å². The molecule has 0 spiro atoms. The molecule has 1 rings (SSSR count). The van der Waals surface area contributed by atoms with Gasteiger partial charge in [-0.1, -0.05) is 27.7 Å². The normalized spacial score (nSPS) is 12.2. The van der Waals surface area contributed by atoms with Gasteiger partial charge < -0.3 is 4.74 Å². The van der Waals surface area contributed by atoms with E-state index in [0.29, 0.717) is 4.90 Å². The summed E-state index contributed by atoms with van der Waals surface area (Å²) in [4.78, 5) is 11.7. The predicted octanol–water partition coefficient (Wildman–Crippen LogP) is 3.40. The molecule has 0 amide bonds. The van der Waals surface area contributed by atoms with Crippen LogP contribution in [0.5, 0.6) is 0 Å². The Kier molecular flexibility index (Phi) is 5.11. The number of esters is 1.